The lowest BCUT2D eigenvalue weighted by atomic mass is 10.0. The zero-order chi connectivity index (χ0) is 39.4. The second-order valence-electron chi connectivity index (χ2n) is 14.6. The lowest BCUT2D eigenvalue weighted by Gasteiger charge is -2.19. The molecule has 1 saturated heterocycles. The van der Waals surface area contributed by atoms with Gasteiger partial charge in [-0.05, 0) is 44.9 Å². The third-order valence-corrected chi connectivity index (χ3v) is 10.4. The van der Waals surface area contributed by atoms with E-state index >= 15 is 0 Å². The number of phosphoric ester groups is 1. The molecule has 314 valence electrons. The van der Waals surface area contributed by atoms with Gasteiger partial charge in [-0.15, -0.1) is 0 Å². The number of hydrogen-bond acceptors (Lipinski definition) is 9. The van der Waals surface area contributed by atoms with Crippen molar-refractivity contribution in [2.24, 2.45) is 5.73 Å². The molecule has 11 heteroatoms. The predicted molar refractivity (Wildman–Crippen MR) is 219 cm³/mol. The van der Waals surface area contributed by atoms with Gasteiger partial charge in [0, 0.05) is 19.4 Å². The zero-order valence-corrected chi connectivity index (χ0v) is 35.0. The van der Waals surface area contributed by atoms with Crippen LogP contribution in [0, 0.1) is 0 Å². The van der Waals surface area contributed by atoms with Gasteiger partial charge in [-0.1, -0.05) is 159 Å². The van der Waals surface area contributed by atoms with Gasteiger partial charge in [0.05, 0.1) is 25.4 Å². The summed E-state index contributed by atoms with van der Waals surface area (Å²) in [6.07, 6.45) is 40.7. The number of phosphoric acid groups is 1. The number of rotatable bonds is 39. The van der Waals surface area contributed by atoms with Crippen molar-refractivity contribution in [2.45, 2.75) is 199 Å². The third kappa shape index (κ3) is 32.4. The van der Waals surface area contributed by atoms with E-state index in [1.807, 2.05) is 6.08 Å². The predicted octanol–water partition coefficient (Wildman–Crippen LogP) is 11.2. The van der Waals surface area contributed by atoms with Crippen molar-refractivity contribution in [3.8, 4) is 0 Å². The fourth-order valence-electron chi connectivity index (χ4n) is 6.13. The molecule has 0 aromatic heterocycles. The molecule has 0 aromatic carbocycles. The number of unbranched alkanes of at least 4 members (excludes halogenated alkanes) is 17. The highest BCUT2D eigenvalue weighted by Gasteiger charge is 2.36. The SMILES string of the molecule is CCCCCCCCCCCCCCCCCC(=O)OCC(COP(=O)(O)OCCN)OC(=O)CCC/C=C\C/C=C\C/C=C\CC1OC1CCCCC. The number of ether oxygens (including phenoxy) is 3. The van der Waals surface area contributed by atoms with Crippen LogP contribution < -0.4 is 5.73 Å². The number of nitrogens with two attached hydrogens (primary N) is 1. The van der Waals surface area contributed by atoms with Crippen LogP contribution in [0.25, 0.3) is 0 Å². The van der Waals surface area contributed by atoms with Crippen molar-refractivity contribution in [3.05, 3.63) is 36.5 Å². The number of hydrogen-bond donors (Lipinski definition) is 2. The fourth-order valence-corrected chi connectivity index (χ4v) is 6.90. The maximum atomic E-state index is 12.6. The Morgan fingerprint density at radius 1 is 0.667 bits per heavy atom. The van der Waals surface area contributed by atoms with Gasteiger partial charge in [-0.2, -0.15) is 0 Å². The molecule has 4 unspecified atom stereocenters. The van der Waals surface area contributed by atoms with E-state index in [1.54, 1.807) is 0 Å². The summed E-state index contributed by atoms with van der Waals surface area (Å²) in [6.45, 7) is 3.64. The first kappa shape index (κ1) is 50.2. The molecular weight excluding hydrogens is 705 g/mol. The van der Waals surface area contributed by atoms with Crippen LogP contribution in [0.1, 0.15) is 181 Å². The topological polar surface area (TPSA) is 147 Å². The summed E-state index contributed by atoms with van der Waals surface area (Å²) in [5.74, 6) is -0.895. The zero-order valence-electron chi connectivity index (χ0n) is 34.1. The lowest BCUT2D eigenvalue weighted by molar-refractivity contribution is -0.161. The van der Waals surface area contributed by atoms with Gasteiger partial charge in [0.15, 0.2) is 6.10 Å². The van der Waals surface area contributed by atoms with Crippen LogP contribution in [-0.2, 0) is 37.4 Å². The number of epoxide rings is 1. The summed E-state index contributed by atoms with van der Waals surface area (Å²) >= 11 is 0. The smallest absolute Gasteiger partial charge is 0.462 e. The summed E-state index contributed by atoms with van der Waals surface area (Å²) < 4.78 is 38.4. The Morgan fingerprint density at radius 3 is 1.81 bits per heavy atom. The van der Waals surface area contributed by atoms with E-state index in [0.717, 1.165) is 38.5 Å². The monoisotopic (exact) mass is 784 g/mol. The van der Waals surface area contributed by atoms with Crippen molar-refractivity contribution in [2.75, 3.05) is 26.4 Å². The number of allylic oxidation sites excluding steroid dienone is 5. The molecule has 1 fully saturated rings. The highest BCUT2D eigenvalue weighted by Crippen LogP contribution is 2.43. The summed E-state index contributed by atoms with van der Waals surface area (Å²) in [5.41, 5.74) is 5.34. The molecule has 1 rings (SSSR count). The van der Waals surface area contributed by atoms with Crippen molar-refractivity contribution in [1.82, 2.24) is 0 Å². The average molecular weight is 784 g/mol. The molecule has 1 aliphatic rings. The average Bonchev–Trinajstić information content (AvgIpc) is 3.91. The van der Waals surface area contributed by atoms with E-state index < -0.39 is 32.5 Å². The van der Waals surface area contributed by atoms with Gasteiger partial charge in [-0.3, -0.25) is 18.6 Å². The Morgan fingerprint density at radius 2 is 1.20 bits per heavy atom. The molecule has 0 bridgehead atoms. The molecule has 3 N–H and O–H groups in total. The lowest BCUT2D eigenvalue weighted by Crippen LogP contribution is -2.29. The first-order valence-corrected chi connectivity index (χ1v) is 23.1. The normalized spacial score (nSPS) is 17.4. The Hall–Kier alpha value is -1.81. The van der Waals surface area contributed by atoms with E-state index in [2.05, 4.69) is 44.2 Å². The highest BCUT2D eigenvalue weighted by molar-refractivity contribution is 7.47. The molecule has 0 aliphatic carbocycles. The minimum absolute atomic E-state index is 0.0432. The van der Waals surface area contributed by atoms with Crippen LogP contribution in [0.15, 0.2) is 36.5 Å². The number of carbonyl (C=O) groups is 2. The molecule has 0 amide bonds. The molecule has 54 heavy (non-hydrogen) atoms. The maximum Gasteiger partial charge on any atom is 0.472 e. The third-order valence-electron chi connectivity index (χ3n) is 9.45. The highest BCUT2D eigenvalue weighted by atomic mass is 31.2. The first-order valence-electron chi connectivity index (χ1n) is 21.6. The quantitative estimate of drug-likeness (QED) is 0.0203. The minimum atomic E-state index is -4.39. The van der Waals surface area contributed by atoms with Gasteiger partial charge in [0.1, 0.15) is 6.61 Å². The summed E-state index contributed by atoms with van der Waals surface area (Å²) in [5, 5.41) is 0. The molecule has 0 aromatic rings. The van der Waals surface area contributed by atoms with Gasteiger partial charge in [0.2, 0.25) is 0 Å². The fraction of sp³-hybridized carbons (Fsp3) is 0.814. The summed E-state index contributed by atoms with van der Waals surface area (Å²) in [4.78, 5) is 34.8. The molecule has 0 radical (unpaired) electrons. The van der Waals surface area contributed by atoms with E-state index in [-0.39, 0.29) is 32.6 Å². The van der Waals surface area contributed by atoms with Crippen molar-refractivity contribution in [1.29, 1.82) is 0 Å². The van der Waals surface area contributed by atoms with Crippen LogP contribution >= 0.6 is 7.82 Å². The van der Waals surface area contributed by atoms with Gasteiger partial charge >= 0.3 is 19.8 Å². The molecule has 10 nitrogen and oxygen atoms in total. The Bertz CT molecular complexity index is 1050. The molecular formula is C43H78NO9P. The van der Waals surface area contributed by atoms with E-state index in [0.29, 0.717) is 25.0 Å². The molecule has 0 spiro atoms. The Balaban J connectivity index is 2.21. The van der Waals surface area contributed by atoms with Gasteiger partial charge in [0.25, 0.3) is 0 Å². The number of carbonyl (C=O) groups excluding carboxylic acids is 2. The molecule has 1 aliphatic heterocycles. The van der Waals surface area contributed by atoms with Crippen LogP contribution in [0.5, 0.6) is 0 Å². The van der Waals surface area contributed by atoms with Crippen molar-refractivity contribution < 1.29 is 42.3 Å². The Labute approximate surface area is 329 Å². The van der Waals surface area contributed by atoms with Crippen molar-refractivity contribution in [3.63, 3.8) is 0 Å². The standard InChI is InChI=1S/C43H78NO9P/c1-3-5-7-8-9-10-11-12-13-14-15-19-22-25-29-33-42(45)49-37-39(38-51-54(47,48)50-36-35-44)52-43(46)34-30-26-23-20-17-16-18-21-24-28-32-41-40(53-41)31-27-6-4-2/h16,18,20,23-24,28,39-41H,3-15,17,19,21-22,25-27,29-38,44H2,1-2H3,(H,47,48)/b18-16-,23-20-,28-24-. The molecule has 0 saturated carbocycles. The van der Waals surface area contributed by atoms with Gasteiger partial charge in [-0.25, -0.2) is 4.57 Å². The Kier molecular flexibility index (Phi) is 33.1. The van der Waals surface area contributed by atoms with Crippen LogP contribution in [0.3, 0.4) is 0 Å². The van der Waals surface area contributed by atoms with Crippen LogP contribution in [-0.4, -0.2) is 61.5 Å². The molecule has 4 atom stereocenters. The van der Waals surface area contributed by atoms with Gasteiger partial charge < -0.3 is 24.8 Å². The summed E-state index contributed by atoms with van der Waals surface area (Å²) in [6, 6.07) is 0. The number of esters is 2. The van der Waals surface area contributed by atoms with Crippen LogP contribution in [0.2, 0.25) is 0 Å². The summed E-state index contributed by atoms with van der Waals surface area (Å²) in [7, 11) is -4.39. The minimum Gasteiger partial charge on any atom is -0.462 e. The molecule has 1 heterocycles. The van der Waals surface area contributed by atoms with Crippen LogP contribution in [0.4, 0.5) is 0 Å². The van der Waals surface area contributed by atoms with E-state index in [9.17, 15) is 19.0 Å². The first-order chi connectivity index (χ1) is 26.3. The largest absolute Gasteiger partial charge is 0.472 e. The second kappa shape index (κ2) is 35.6. The van der Waals surface area contributed by atoms with Crippen molar-refractivity contribution >= 4 is 19.8 Å². The van der Waals surface area contributed by atoms with E-state index in [1.165, 1.54) is 103 Å². The second-order valence-corrected chi connectivity index (χ2v) is 16.1. The maximum absolute atomic E-state index is 12.6. The van der Waals surface area contributed by atoms with E-state index in [4.69, 9.17) is 29.0 Å².